The molecule has 0 spiro atoms. The highest BCUT2D eigenvalue weighted by Gasteiger charge is 2.24. The number of aromatic nitrogens is 6. The monoisotopic (exact) mass is 613 g/mol. The number of hydrogen-bond donors (Lipinski definition) is 2. The normalized spacial score (nSPS) is 11.9. The van der Waals surface area contributed by atoms with Crippen molar-refractivity contribution in [3.63, 3.8) is 0 Å². The predicted octanol–water partition coefficient (Wildman–Crippen LogP) is 4.04. The first-order valence-corrected chi connectivity index (χ1v) is 15.3. The number of benzene rings is 2. The van der Waals surface area contributed by atoms with Crippen molar-refractivity contribution in [2.45, 2.75) is 33.4 Å². The van der Waals surface area contributed by atoms with E-state index in [1.54, 1.807) is 29.2 Å². The first-order chi connectivity index (χ1) is 22.4. The van der Waals surface area contributed by atoms with E-state index in [-0.39, 0.29) is 16.9 Å². The Labute approximate surface area is 266 Å². The molecule has 0 saturated heterocycles. The minimum absolute atomic E-state index is 0.0695. The molecule has 6 rings (SSSR count). The number of carbonyl (C=O) groups is 1. The van der Waals surface area contributed by atoms with Gasteiger partial charge in [-0.05, 0) is 55.7 Å². The van der Waals surface area contributed by atoms with Crippen molar-refractivity contribution in [2.75, 3.05) is 25.4 Å². The number of nitrogen functional groups attached to an aromatic ring is 1. The standard InChI is InChI=1S/C35H35N9O2/c1-4-41(5-2)19-20-42-23-25(22-38-42)15-16-26-11-9-12-27-21-29(44(35(46)30(26)27)28-13-7-6-8-14-28)24(3)39-34(45)31-32(36)40-43-18-10-17-37-33(31)43/h6-14,17-18,21-24H,4-5,19-20H2,1-3H3,(H2,36,40)(H,39,45)/t24-/m0/s1. The molecular formula is C35H35N9O2. The molecule has 232 valence electrons. The van der Waals surface area contributed by atoms with Gasteiger partial charge in [0.05, 0.1) is 29.7 Å². The van der Waals surface area contributed by atoms with E-state index in [1.165, 1.54) is 4.52 Å². The minimum Gasteiger partial charge on any atom is -0.381 e. The molecule has 2 aromatic carbocycles. The van der Waals surface area contributed by atoms with E-state index in [0.29, 0.717) is 33.4 Å². The van der Waals surface area contributed by atoms with Crippen molar-refractivity contribution in [3.8, 4) is 17.5 Å². The zero-order valence-corrected chi connectivity index (χ0v) is 26.0. The van der Waals surface area contributed by atoms with Crippen LogP contribution in [0.5, 0.6) is 0 Å². The van der Waals surface area contributed by atoms with Crippen LogP contribution in [-0.2, 0) is 6.54 Å². The molecule has 3 N–H and O–H groups in total. The van der Waals surface area contributed by atoms with Crippen LogP contribution in [-0.4, -0.2) is 59.4 Å². The van der Waals surface area contributed by atoms with Crippen LogP contribution in [0.25, 0.3) is 22.1 Å². The summed E-state index contributed by atoms with van der Waals surface area (Å²) in [6, 6.07) is 18.0. The molecule has 11 heteroatoms. The number of carbonyl (C=O) groups excluding carboxylic acids is 1. The average molecular weight is 614 g/mol. The van der Waals surface area contributed by atoms with Crippen molar-refractivity contribution in [1.82, 2.24) is 39.2 Å². The molecule has 0 bridgehead atoms. The van der Waals surface area contributed by atoms with Gasteiger partial charge in [-0.3, -0.25) is 18.8 Å². The van der Waals surface area contributed by atoms with Crippen LogP contribution in [0.3, 0.4) is 0 Å². The zero-order chi connectivity index (χ0) is 32.2. The third-order valence-corrected chi connectivity index (χ3v) is 8.04. The Morgan fingerprint density at radius 2 is 1.87 bits per heavy atom. The maximum Gasteiger partial charge on any atom is 0.264 e. The second-order valence-electron chi connectivity index (χ2n) is 10.9. The Balaban J connectivity index is 1.37. The van der Waals surface area contributed by atoms with Gasteiger partial charge in [-0.2, -0.15) is 5.10 Å². The number of nitrogens with zero attached hydrogens (tertiary/aromatic N) is 7. The number of likely N-dealkylation sites (N-methyl/N-ethyl adjacent to an activating group) is 1. The second kappa shape index (κ2) is 13.1. The number of nitrogens with one attached hydrogen (secondary N) is 1. The van der Waals surface area contributed by atoms with Gasteiger partial charge in [-0.15, -0.1) is 5.10 Å². The summed E-state index contributed by atoms with van der Waals surface area (Å²) in [5.74, 6) is 6.04. The lowest BCUT2D eigenvalue weighted by molar-refractivity contribution is 0.0941. The SMILES string of the molecule is CCN(CC)CCn1cc(C#Cc2cccc3cc([C@H](C)NC(=O)c4c(N)nn5cccnc45)n(-c4ccccc4)c(=O)c23)cn1. The van der Waals surface area contributed by atoms with Crippen LogP contribution in [0.15, 0.2) is 90.2 Å². The lowest BCUT2D eigenvalue weighted by Gasteiger charge is -2.21. The van der Waals surface area contributed by atoms with Gasteiger partial charge >= 0.3 is 0 Å². The molecule has 4 heterocycles. The van der Waals surface area contributed by atoms with Crippen molar-refractivity contribution in [2.24, 2.45) is 0 Å². The number of pyridine rings is 1. The highest BCUT2D eigenvalue weighted by molar-refractivity contribution is 6.04. The van der Waals surface area contributed by atoms with Gasteiger partial charge in [0.2, 0.25) is 0 Å². The first kappa shape index (κ1) is 30.3. The Morgan fingerprint density at radius 3 is 2.65 bits per heavy atom. The Hall–Kier alpha value is -5.73. The van der Waals surface area contributed by atoms with Crippen LogP contribution in [0.4, 0.5) is 5.82 Å². The number of fused-ring (bicyclic) bond motifs is 2. The second-order valence-corrected chi connectivity index (χ2v) is 10.9. The van der Waals surface area contributed by atoms with E-state index in [0.717, 1.165) is 31.7 Å². The van der Waals surface area contributed by atoms with Gasteiger partial charge in [0.15, 0.2) is 11.5 Å². The van der Waals surface area contributed by atoms with Crippen molar-refractivity contribution < 1.29 is 4.79 Å². The van der Waals surface area contributed by atoms with Gasteiger partial charge < -0.3 is 16.0 Å². The lowest BCUT2D eigenvalue weighted by atomic mass is 10.0. The first-order valence-electron chi connectivity index (χ1n) is 15.3. The van der Waals surface area contributed by atoms with Gasteiger partial charge in [0, 0.05) is 42.1 Å². The highest BCUT2D eigenvalue weighted by atomic mass is 16.2. The van der Waals surface area contributed by atoms with Crippen LogP contribution in [0.1, 0.15) is 54.0 Å². The topological polar surface area (TPSA) is 128 Å². The summed E-state index contributed by atoms with van der Waals surface area (Å²) >= 11 is 0. The molecule has 46 heavy (non-hydrogen) atoms. The fourth-order valence-corrected chi connectivity index (χ4v) is 5.59. The Bertz CT molecular complexity index is 2150. The smallest absolute Gasteiger partial charge is 0.264 e. The molecule has 1 atom stereocenters. The molecule has 11 nitrogen and oxygen atoms in total. The summed E-state index contributed by atoms with van der Waals surface area (Å²) < 4.78 is 4.98. The number of hydrogen-bond acceptors (Lipinski definition) is 7. The molecule has 0 radical (unpaired) electrons. The minimum atomic E-state index is -0.584. The van der Waals surface area contributed by atoms with Crippen molar-refractivity contribution in [3.05, 3.63) is 118 Å². The van der Waals surface area contributed by atoms with E-state index in [4.69, 9.17) is 5.73 Å². The fraction of sp³-hybridized carbons (Fsp3) is 0.229. The molecular weight excluding hydrogens is 578 g/mol. The highest BCUT2D eigenvalue weighted by Crippen LogP contribution is 2.24. The molecule has 0 fully saturated rings. The summed E-state index contributed by atoms with van der Waals surface area (Å²) in [6.07, 6.45) is 6.93. The van der Waals surface area contributed by atoms with Crippen molar-refractivity contribution in [1.29, 1.82) is 0 Å². The van der Waals surface area contributed by atoms with E-state index in [9.17, 15) is 9.59 Å². The summed E-state index contributed by atoms with van der Waals surface area (Å²) in [7, 11) is 0. The molecule has 0 aliphatic carbocycles. The Morgan fingerprint density at radius 1 is 1.07 bits per heavy atom. The van der Waals surface area contributed by atoms with E-state index < -0.39 is 11.9 Å². The van der Waals surface area contributed by atoms with Crippen LogP contribution in [0, 0.1) is 11.8 Å². The molecule has 0 aliphatic rings. The number of amides is 1. The molecule has 0 aliphatic heterocycles. The van der Waals surface area contributed by atoms with Crippen molar-refractivity contribution >= 4 is 28.1 Å². The number of rotatable bonds is 9. The Kier molecular flexibility index (Phi) is 8.63. The summed E-state index contributed by atoms with van der Waals surface area (Å²) in [6.45, 7) is 9.80. The van der Waals surface area contributed by atoms with Crippen LogP contribution >= 0.6 is 0 Å². The van der Waals surface area contributed by atoms with Crippen LogP contribution < -0.4 is 16.6 Å². The van der Waals surface area contributed by atoms with Gasteiger partial charge in [-0.1, -0.05) is 56.0 Å². The lowest BCUT2D eigenvalue weighted by Crippen LogP contribution is -2.32. The zero-order valence-electron chi connectivity index (χ0n) is 26.0. The van der Waals surface area contributed by atoms with Crippen LogP contribution in [0.2, 0.25) is 0 Å². The largest absolute Gasteiger partial charge is 0.381 e. The van der Waals surface area contributed by atoms with E-state index in [1.807, 2.05) is 72.4 Å². The quantitative estimate of drug-likeness (QED) is 0.236. The number of anilines is 1. The number of nitrogens with two attached hydrogens (primary N) is 1. The molecule has 6 aromatic rings. The summed E-state index contributed by atoms with van der Waals surface area (Å²) in [5.41, 5.74) is 9.04. The van der Waals surface area contributed by atoms with Gasteiger partial charge in [-0.25, -0.2) is 9.50 Å². The van der Waals surface area contributed by atoms with Gasteiger partial charge in [0.1, 0.15) is 5.56 Å². The van der Waals surface area contributed by atoms with E-state index in [2.05, 4.69) is 51.1 Å². The third-order valence-electron chi connectivity index (χ3n) is 8.04. The molecule has 0 saturated carbocycles. The summed E-state index contributed by atoms with van der Waals surface area (Å²) in [4.78, 5) is 34.5. The fourth-order valence-electron chi connectivity index (χ4n) is 5.59. The molecule has 1 amide bonds. The third kappa shape index (κ3) is 5.98. The maximum absolute atomic E-state index is 14.4. The summed E-state index contributed by atoms with van der Waals surface area (Å²) in [5, 5.41) is 12.9. The maximum atomic E-state index is 14.4. The molecule has 0 unspecified atom stereocenters. The van der Waals surface area contributed by atoms with Gasteiger partial charge in [0.25, 0.3) is 11.5 Å². The molecule has 4 aromatic heterocycles. The number of para-hydroxylation sites is 1. The predicted molar refractivity (Wildman–Crippen MR) is 179 cm³/mol. The van der Waals surface area contributed by atoms with E-state index >= 15 is 0 Å². The average Bonchev–Trinajstić information content (AvgIpc) is 3.67.